The van der Waals surface area contributed by atoms with Gasteiger partial charge in [0.15, 0.2) is 0 Å². The summed E-state index contributed by atoms with van der Waals surface area (Å²) in [6.07, 6.45) is 4.27. The zero-order valence-corrected chi connectivity index (χ0v) is 9.51. The van der Waals surface area contributed by atoms with E-state index in [4.69, 9.17) is 0 Å². The predicted molar refractivity (Wildman–Crippen MR) is 63.1 cm³/mol. The summed E-state index contributed by atoms with van der Waals surface area (Å²) in [5, 5.41) is 0. The maximum atomic E-state index is 3.83. The van der Waals surface area contributed by atoms with Crippen LogP contribution in [0.15, 0.2) is 24.3 Å². The molecule has 1 aromatic carbocycles. The van der Waals surface area contributed by atoms with E-state index in [0.717, 1.165) is 12.8 Å². The monoisotopic (exact) mass is 188 g/mol. The van der Waals surface area contributed by atoms with Crippen molar-refractivity contribution < 1.29 is 0 Å². The molecule has 76 valence electrons. The second-order valence-corrected chi connectivity index (χ2v) is 4.72. The van der Waals surface area contributed by atoms with Crippen LogP contribution in [0.1, 0.15) is 44.7 Å². The molecule has 14 heavy (non-hydrogen) atoms. The highest BCUT2D eigenvalue weighted by Gasteiger charge is 2.12. The summed E-state index contributed by atoms with van der Waals surface area (Å²) in [6, 6.07) is 8.82. The molecule has 0 nitrogen and oxygen atoms in total. The number of benzene rings is 1. The van der Waals surface area contributed by atoms with Crippen LogP contribution in [0.4, 0.5) is 0 Å². The van der Waals surface area contributed by atoms with E-state index in [1.165, 1.54) is 11.1 Å². The smallest absolute Gasteiger partial charge is 0.00931 e. The van der Waals surface area contributed by atoms with E-state index in [2.05, 4.69) is 58.4 Å². The molecule has 0 aromatic heterocycles. The van der Waals surface area contributed by atoms with Crippen molar-refractivity contribution in [2.24, 2.45) is 0 Å². The Morgan fingerprint density at radius 2 is 1.71 bits per heavy atom. The lowest BCUT2D eigenvalue weighted by molar-refractivity contribution is 0.590. The fourth-order valence-electron chi connectivity index (χ4n) is 1.39. The highest BCUT2D eigenvalue weighted by Crippen LogP contribution is 2.22. The number of hydrogen-bond donors (Lipinski definition) is 0. The minimum atomic E-state index is 0.255. The van der Waals surface area contributed by atoms with E-state index in [1.54, 1.807) is 0 Å². The van der Waals surface area contributed by atoms with Gasteiger partial charge in [0.25, 0.3) is 0 Å². The molecule has 0 saturated heterocycles. The summed E-state index contributed by atoms with van der Waals surface area (Å²) >= 11 is 0. The maximum Gasteiger partial charge on any atom is -0.00931 e. The van der Waals surface area contributed by atoms with Gasteiger partial charge in [-0.1, -0.05) is 58.4 Å². The van der Waals surface area contributed by atoms with Gasteiger partial charge in [-0.25, -0.2) is 0 Å². The van der Waals surface area contributed by atoms with Gasteiger partial charge in [0.05, 0.1) is 0 Å². The Morgan fingerprint density at radius 3 is 2.14 bits per heavy atom. The third-order valence-corrected chi connectivity index (χ3v) is 2.36. The van der Waals surface area contributed by atoms with Gasteiger partial charge in [-0.15, -0.1) is 0 Å². The van der Waals surface area contributed by atoms with Crippen LogP contribution in [0.25, 0.3) is 0 Å². The van der Waals surface area contributed by atoms with Crippen LogP contribution in [-0.4, -0.2) is 0 Å². The van der Waals surface area contributed by atoms with Gasteiger partial charge in [0.2, 0.25) is 0 Å². The zero-order chi connectivity index (χ0) is 10.6. The molecule has 0 saturated carbocycles. The highest BCUT2D eigenvalue weighted by molar-refractivity contribution is 5.30. The number of unbranched alkanes of at least 4 members (excludes halogenated alkanes) is 1. The molecule has 0 unspecified atom stereocenters. The Bertz CT molecular complexity index is 261. The second-order valence-electron chi connectivity index (χ2n) is 4.72. The molecule has 0 aliphatic carbocycles. The first-order valence-corrected chi connectivity index (χ1v) is 5.27. The largest absolute Gasteiger partial charge is 0.0584 e. The maximum absolute atomic E-state index is 3.83. The third-order valence-electron chi connectivity index (χ3n) is 2.36. The predicted octanol–water partition coefficient (Wildman–Crippen LogP) is 4.15. The van der Waals surface area contributed by atoms with Gasteiger partial charge in [0, 0.05) is 0 Å². The van der Waals surface area contributed by atoms with E-state index in [-0.39, 0.29) is 5.41 Å². The summed E-state index contributed by atoms with van der Waals surface area (Å²) in [5.74, 6) is 0. The van der Waals surface area contributed by atoms with Crippen LogP contribution in [0.5, 0.6) is 0 Å². The number of hydrogen-bond acceptors (Lipinski definition) is 0. The summed E-state index contributed by atoms with van der Waals surface area (Å²) in [6.45, 7) is 10.5. The molecular formula is C14H20. The molecule has 0 bridgehead atoms. The molecule has 0 aliphatic rings. The average Bonchev–Trinajstić information content (AvgIpc) is 2.14. The van der Waals surface area contributed by atoms with Gasteiger partial charge in [-0.05, 0) is 29.4 Å². The lowest BCUT2D eigenvalue weighted by Gasteiger charge is -2.19. The highest BCUT2D eigenvalue weighted by atomic mass is 14.2. The van der Waals surface area contributed by atoms with Crippen LogP contribution in [0.3, 0.4) is 0 Å². The van der Waals surface area contributed by atoms with Crippen LogP contribution >= 0.6 is 0 Å². The van der Waals surface area contributed by atoms with Crippen LogP contribution in [-0.2, 0) is 5.41 Å². The SMILES string of the molecule is [CH2]CC[CH]c1ccc(C(C)(C)C)cc1. The van der Waals surface area contributed by atoms with E-state index in [1.807, 2.05) is 0 Å². The van der Waals surface area contributed by atoms with E-state index in [0.29, 0.717) is 0 Å². The Kier molecular flexibility index (Phi) is 3.74. The van der Waals surface area contributed by atoms with E-state index >= 15 is 0 Å². The van der Waals surface area contributed by atoms with Crippen molar-refractivity contribution in [3.8, 4) is 0 Å². The molecule has 1 rings (SSSR count). The minimum Gasteiger partial charge on any atom is -0.0584 e. The van der Waals surface area contributed by atoms with Crippen molar-refractivity contribution in [3.05, 3.63) is 48.7 Å². The second kappa shape index (κ2) is 4.63. The van der Waals surface area contributed by atoms with Crippen LogP contribution in [0.2, 0.25) is 0 Å². The standard InChI is InChI=1S/C14H20/c1-5-6-7-12-8-10-13(11-9-12)14(2,3)4/h7-11H,1,5-6H2,2-4H3. The summed E-state index contributed by atoms with van der Waals surface area (Å²) in [4.78, 5) is 0. The third kappa shape index (κ3) is 3.17. The summed E-state index contributed by atoms with van der Waals surface area (Å²) in [5.41, 5.74) is 2.95. The molecular weight excluding hydrogens is 168 g/mol. The molecule has 0 amide bonds. The first-order chi connectivity index (χ1) is 6.54. The van der Waals surface area contributed by atoms with Crippen LogP contribution < -0.4 is 0 Å². The molecule has 0 heteroatoms. The molecule has 0 fully saturated rings. The van der Waals surface area contributed by atoms with Crippen molar-refractivity contribution in [2.75, 3.05) is 0 Å². The molecule has 0 spiro atoms. The van der Waals surface area contributed by atoms with Gasteiger partial charge in [0.1, 0.15) is 0 Å². The Labute approximate surface area is 88.4 Å². The lowest BCUT2D eigenvalue weighted by Crippen LogP contribution is -2.10. The molecule has 2 radical (unpaired) electrons. The normalized spacial score (nSPS) is 11.7. The lowest BCUT2D eigenvalue weighted by atomic mass is 9.86. The first-order valence-electron chi connectivity index (χ1n) is 5.27. The Morgan fingerprint density at radius 1 is 1.14 bits per heavy atom. The van der Waals surface area contributed by atoms with Crippen molar-refractivity contribution >= 4 is 0 Å². The molecule has 0 atom stereocenters. The van der Waals surface area contributed by atoms with Gasteiger partial charge in [-0.2, -0.15) is 0 Å². The Hall–Kier alpha value is -0.780. The van der Waals surface area contributed by atoms with Gasteiger partial charge < -0.3 is 0 Å². The average molecular weight is 188 g/mol. The van der Waals surface area contributed by atoms with Crippen molar-refractivity contribution in [1.29, 1.82) is 0 Å². The number of rotatable bonds is 3. The molecule has 0 aliphatic heterocycles. The first kappa shape index (κ1) is 11.3. The minimum absolute atomic E-state index is 0.255. The molecule has 0 heterocycles. The van der Waals surface area contributed by atoms with Crippen molar-refractivity contribution in [2.45, 2.75) is 39.0 Å². The van der Waals surface area contributed by atoms with Crippen molar-refractivity contribution in [1.82, 2.24) is 0 Å². The molecule has 0 N–H and O–H groups in total. The van der Waals surface area contributed by atoms with Crippen LogP contribution in [0, 0.1) is 13.3 Å². The van der Waals surface area contributed by atoms with Gasteiger partial charge >= 0.3 is 0 Å². The van der Waals surface area contributed by atoms with E-state index < -0.39 is 0 Å². The summed E-state index contributed by atoms with van der Waals surface area (Å²) in [7, 11) is 0. The van der Waals surface area contributed by atoms with Crippen molar-refractivity contribution in [3.63, 3.8) is 0 Å². The quantitative estimate of drug-likeness (QED) is 0.668. The molecule has 1 aromatic rings. The van der Waals surface area contributed by atoms with Gasteiger partial charge in [-0.3, -0.25) is 0 Å². The zero-order valence-electron chi connectivity index (χ0n) is 9.51. The van der Waals surface area contributed by atoms with E-state index in [9.17, 15) is 0 Å². The summed E-state index contributed by atoms with van der Waals surface area (Å²) < 4.78 is 0. The fourth-order valence-corrected chi connectivity index (χ4v) is 1.39. The Balaban J connectivity index is 2.69. The fraction of sp³-hybridized carbons (Fsp3) is 0.429. The topological polar surface area (TPSA) is 0 Å².